The molecule has 0 saturated carbocycles. The molecule has 3 nitrogen and oxygen atoms in total. The number of unbranched alkanes of at least 4 members (excludes halogenated alkanes) is 2. The van der Waals surface area contributed by atoms with Gasteiger partial charge in [0.05, 0.1) is 6.61 Å². The molecule has 172 valence electrons. The number of hydrogen-bond donors (Lipinski definition) is 1. The van der Waals surface area contributed by atoms with E-state index in [-0.39, 0.29) is 11.4 Å². The molecular formula is C28H44NO2+. The topological polar surface area (TPSA) is 40.3 Å². The second-order valence-corrected chi connectivity index (χ2v) is 9.18. The zero-order valence-electron chi connectivity index (χ0n) is 20.7. The van der Waals surface area contributed by atoms with E-state index in [0.29, 0.717) is 13.0 Å². The second-order valence-electron chi connectivity index (χ2n) is 9.18. The van der Waals surface area contributed by atoms with Crippen LogP contribution in [-0.4, -0.2) is 25.3 Å². The van der Waals surface area contributed by atoms with E-state index in [0.717, 1.165) is 25.8 Å². The zero-order chi connectivity index (χ0) is 23.1. The maximum absolute atomic E-state index is 11.3. The van der Waals surface area contributed by atoms with Crippen LogP contribution < -0.4 is 4.99 Å². The van der Waals surface area contributed by atoms with Crippen LogP contribution in [0.15, 0.2) is 58.7 Å². The molecule has 0 radical (unpaired) electrons. The van der Waals surface area contributed by atoms with Crippen LogP contribution in [0.4, 0.5) is 0 Å². The molecule has 1 aliphatic carbocycles. The number of esters is 1. The molecule has 0 bridgehead atoms. The molecule has 0 aliphatic heterocycles. The molecule has 1 aliphatic rings. The molecule has 0 amide bonds. The average molecular weight is 427 g/mol. The Morgan fingerprint density at radius 2 is 1.84 bits per heavy atom. The monoisotopic (exact) mass is 426 g/mol. The summed E-state index contributed by atoms with van der Waals surface area (Å²) in [5.74, 6) is -0.0860. The van der Waals surface area contributed by atoms with Crippen LogP contribution in [-0.2, 0) is 9.53 Å². The number of ether oxygens (including phenoxy) is 1. The highest BCUT2D eigenvalue weighted by atomic mass is 16.5. The first-order valence-corrected chi connectivity index (χ1v) is 11.9. The van der Waals surface area contributed by atoms with E-state index in [2.05, 4.69) is 76.1 Å². The highest BCUT2D eigenvalue weighted by Gasteiger charge is 2.26. The number of nitrogens with one attached hydrogen (secondary N) is 1. The van der Waals surface area contributed by atoms with Crippen LogP contribution >= 0.6 is 0 Å². The normalized spacial score (nSPS) is 18.0. The molecule has 1 rings (SSSR count). The summed E-state index contributed by atoms with van der Waals surface area (Å²) in [4.78, 5) is 14.6. The van der Waals surface area contributed by atoms with E-state index in [1.165, 1.54) is 41.6 Å². The predicted octanol–water partition coefficient (Wildman–Crippen LogP) is 5.79. The fourth-order valence-corrected chi connectivity index (χ4v) is 3.87. The SMILES string of the molecule is CCOC(=O)CCCCC[NH+]=C/C=C(C)/C=C/C=C(C)/C=C/C1=C(C)CCCC1(C)C. The van der Waals surface area contributed by atoms with Crippen molar-refractivity contribution < 1.29 is 14.5 Å². The van der Waals surface area contributed by atoms with Crippen LogP contribution in [0.5, 0.6) is 0 Å². The molecular weight excluding hydrogens is 382 g/mol. The van der Waals surface area contributed by atoms with Gasteiger partial charge in [-0.25, -0.2) is 4.99 Å². The molecule has 0 unspecified atom stereocenters. The smallest absolute Gasteiger partial charge is 0.305 e. The van der Waals surface area contributed by atoms with Crippen molar-refractivity contribution in [2.45, 2.75) is 86.5 Å². The molecule has 1 N–H and O–H groups in total. The molecule has 0 heterocycles. The standard InChI is InChI=1S/C28H43NO2/c1-7-31-27(30)16-9-8-10-21-29-22-19-24(3)14-11-13-23(2)17-18-26-25(4)15-12-20-28(26,5)6/h11,13-14,17-19,22H,7-10,12,15-16,20-21H2,1-6H3/p+1/b14-11+,18-17+,23-13+,24-19+,29-22?. The number of carbonyl (C=O) groups is 1. The quantitative estimate of drug-likeness (QED) is 0.186. The Kier molecular flexibility index (Phi) is 12.8. The van der Waals surface area contributed by atoms with Gasteiger partial charge in [-0.05, 0) is 76.4 Å². The largest absolute Gasteiger partial charge is 0.466 e. The summed E-state index contributed by atoms with van der Waals surface area (Å²) in [5, 5.41) is 0. The first-order valence-electron chi connectivity index (χ1n) is 11.9. The fourth-order valence-electron chi connectivity index (χ4n) is 3.87. The third kappa shape index (κ3) is 11.7. The van der Waals surface area contributed by atoms with Gasteiger partial charge >= 0.3 is 5.97 Å². The lowest BCUT2D eigenvalue weighted by atomic mass is 9.72. The van der Waals surface area contributed by atoms with Gasteiger partial charge in [0.2, 0.25) is 0 Å². The summed E-state index contributed by atoms with van der Waals surface area (Å²) in [6, 6.07) is 0. The Balaban J connectivity index is 2.38. The van der Waals surface area contributed by atoms with Crippen LogP contribution in [0, 0.1) is 5.41 Å². The Morgan fingerprint density at radius 3 is 2.55 bits per heavy atom. The number of allylic oxidation sites excluding steroid dienone is 10. The van der Waals surface area contributed by atoms with Crippen molar-refractivity contribution in [3.63, 3.8) is 0 Å². The molecule has 0 fully saturated rings. The Morgan fingerprint density at radius 1 is 1.10 bits per heavy atom. The summed E-state index contributed by atoms with van der Waals surface area (Å²) < 4.78 is 4.93. The van der Waals surface area contributed by atoms with Crippen molar-refractivity contribution in [3.05, 3.63) is 58.7 Å². The minimum absolute atomic E-state index is 0.0860. The van der Waals surface area contributed by atoms with Crippen LogP contribution in [0.2, 0.25) is 0 Å². The molecule has 0 aromatic heterocycles. The Labute approximate surface area is 190 Å². The maximum atomic E-state index is 11.3. The molecule has 0 atom stereocenters. The lowest BCUT2D eigenvalue weighted by Crippen LogP contribution is -2.68. The summed E-state index contributed by atoms with van der Waals surface area (Å²) in [5.41, 5.74) is 5.80. The van der Waals surface area contributed by atoms with Crippen LogP contribution in [0.1, 0.15) is 86.5 Å². The molecule has 0 saturated heterocycles. The van der Waals surface area contributed by atoms with Gasteiger partial charge in [-0.3, -0.25) is 4.79 Å². The van der Waals surface area contributed by atoms with E-state index >= 15 is 0 Å². The van der Waals surface area contributed by atoms with Crippen molar-refractivity contribution in [2.75, 3.05) is 13.2 Å². The lowest BCUT2D eigenvalue weighted by molar-refractivity contribution is -0.451. The van der Waals surface area contributed by atoms with Gasteiger partial charge < -0.3 is 4.74 Å². The number of hydrogen-bond acceptors (Lipinski definition) is 2. The predicted molar refractivity (Wildman–Crippen MR) is 133 cm³/mol. The van der Waals surface area contributed by atoms with Crippen molar-refractivity contribution in [2.24, 2.45) is 5.41 Å². The Hall–Kier alpha value is -2.16. The van der Waals surface area contributed by atoms with E-state index in [9.17, 15) is 4.79 Å². The minimum Gasteiger partial charge on any atom is -0.466 e. The summed E-state index contributed by atoms with van der Waals surface area (Å²) >= 11 is 0. The third-order valence-electron chi connectivity index (χ3n) is 5.75. The first-order chi connectivity index (χ1) is 14.8. The van der Waals surface area contributed by atoms with Gasteiger partial charge in [0.1, 0.15) is 6.54 Å². The fraction of sp³-hybridized carbons (Fsp3) is 0.571. The highest BCUT2D eigenvalue weighted by molar-refractivity contribution is 5.69. The lowest BCUT2D eigenvalue weighted by Gasteiger charge is -2.32. The Bertz CT molecular complexity index is 745. The van der Waals surface area contributed by atoms with Gasteiger partial charge in [0, 0.05) is 18.9 Å². The summed E-state index contributed by atoms with van der Waals surface area (Å²) in [6.45, 7) is 14.5. The average Bonchev–Trinajstić information content (AvgIpc) is 2.69. The van der Waals surface area contributed by atoms with E-state index in [1.54, 1.807) is 0 Å². The molecule has 31 heavy (non-hydrogen) atoms. The van der Waals surface area contributed by atoms with E-state index in [4.69, 9.17) is 4.74 Å². The van der Waals surface area contributed by atoms with Gasteiger partial charge in [-0.1, -0.05) is 55.4 Å². The molecule has 0 aromatic rings. The van der Waals surface area contributed by atoms with Gasteiger partial charge in [-0.15, -0.1) is 0 Å². The minimum atomic E-state index is -0.0860. The zero-order valence-corrected chi connectivity index (χ0v) is 20.7. The van der Waals surface area contributed by atoms with Gasteiger partial charge in [0.15, 0.2) is 6.21 Å². The number of rotatable bonds is 12. The van der Waals surface area contributed by atoms with Crippen LogP contribution in [0.25, 0.3) is 0 Å². The molecule has 0 spiro atoms. The second kappa shape index (κ2) is 14.8. The van der Waals surface area contributed by atoms with Gasteiger partial charge in [-0.2, -0.15) is 0 Å². The van der Waals surface area contributed by atoms with E-state index < -0.39 is 0 Å². The van der Waals surface area contributed by atoms with Crippen molar-refractivity contribution >= 4 is 12.2 Å². The first kappa shape index (κ1) is 26.9. The number of carbonyl (C=O) groups excluding carboxylic acids is 1. The van der Waals surface area contributed by atoms with Crippen molar-refractivity contribution in [1.82, 2.24) is 0 Å². The summed E-state index contributed by atoms with van der Waals surface area (Å²) in [6.07, 6.45) is 22.4. The molecule has 3 heteroatoms. The molecule has 0 aromatic carbocycles. The third-order valence-corrected chi connectivity index (χ3v) is 5.75. The van der Waals surface area contributed by atoms with Crippen molar-refractivity contribution in [1.29, 1.82) is 0 Å². The summed E-state index contributed by atoms with van der Waals surface area (Å²) in [7, 11) is 0. The highest BCUT2D eigenvalue weighted by Crippen LogP contribution is 2.40. The van der Waals surface area contributed by atoms with Crippen LogP contribution in [0.3, 0.4) is 0 Å². The van der Waals surface area contributed by atoms with E-state index in [1.807, 2.05) is 13.1 Å². The van der Waals surface area contributed by atoms with Gasteiger partial charge in [0.25, 0.3) is 0 Å². The van der Waals surface area contributed by atoms with Crippen molar-refractivity contribution in [3.8, 4) is 0 Å². The maximum Gasteiger partial charge on any atom is 0.305 e.